The van der Waals surface area contributed by atoms with Crippen LogP contribution >= 0.6 is 0 Å². The molecule has 0 saturated heterocycles. The van der Waals surface area contributed by atoms with Crippen LogP contribution in [0.15, 0.2) is 42.7 Å². The number of hydrogen-bond acceptors (Lipinski definition) is 3. The first-order valence-electron chi connectivity index (χ1n) is 7.59. The molecular formula is C18H22N2O. The van der Waals surface area contributed by atoms with Gasteiger partial charge in [-0.05, 0) is 55.3 Å². The van der Waals surface area contributed by atoms with Gasteiger partial charge in [0.05, 0.1) is 6.61 Å². The number of nitrogens with zero attached hydrogens (tertiary/aromatic N) is 2. The van der Waals surface area contributed by atoms with Crippen molar-refractivity contribution in [3.63, 3.8) is 0 Å². The molecule has 0 spiro atoms. The number of rotatable bonds is 5. The minimum Gasteiger partial charge on any atom is -0.493 e. The number of likely N-dealkylation sites (N-methyl/N-ethyl adjacent to an activating group) is 1. The number of pyridine rings is 1. The maximum absolute atomic E-state index is 5.56. The van der Waals surface area contributed by atoms with Gasteiger partial charge in [0, 0.05) is 31.4 Å². The van der Waals surface area contributed by atoms with Crippen molar-refractivity contribution in [3.05, 3.63) is 59.4 Å². The van der Waals surface area contributed by atoms with Crippen LogP contribution in [0.3, 0.4) is 0 Å². The van der Waals surface area contributed by atoms with Crippen LogP contribution in [-0.4, -0.2) is 30.1 Å². The Morgan fingerprint density at radius 1 is 1.24 bits per heavy atom. The summed E-state index contributed by atoms with van der Waals surface area (Å²) in [4.78, 5) is 6.47. The SMILES string of the molecule is CC(c1ccncc1)N(C)CCc1ccc2c(c1)CCO2. The second kappa shape index (κ2) is 6.27. The summed E-state index contributed by atoms with van der Waals surface area (Å²) >= 11 is 0. The monoisotopic (exact) mass is 282 g/mol. The van der Waals surface area contributed by atoms with Crippen molar-refractivity contribution >= 4 is 0 Å². The van der Waals surface area contributed by atoms with E-state index in [1.165, 1.54) is 16.7 Å². The third kappa shape index (κ3) is 3.24. The van der Waals surface area contributed by atoms with E-state index in [0.717, 1.165) is 31.7 Å². The summed E-state index contributed by atoms with van der Waals surface area (Å²) in [7, 11) is 2.18. The lowest BCUT2D eigenvalue weighted by Crippen LogP contribution is -2.24. The molecule has 1 aromatic carbocycles. The van der Waals surface area contributed by atoms with E-state index in [4.69, 9.17) is 4.74 Å². The molecule has 110 valence electrons. The van der Waals surface area contributed by atoms with Gasteiger partial charge in [0.2, 0.25) is 0 Å². The molecule has 0 fully saturated rings. The van der Waals surface area contributed by atoms with Crippen molar-refractivity contribution in [1.82, 2.24) is 9.88 Å². The molecule has 0 saturated carbocycles. The van der Waals surface area contributed by atoms with E-state index < -0.39 is 0 Å². The Morgan fingerprint density at radius 3 is 2.86 bits per heavy atom. The second-order valence-corrected chi connectivity index (χ2v) is 5.73. The van der Waals surface area contributed by atoms with Crippen LogP contribution in [0.1, 0.15) is 29.7 Å². The van der Waals surface area contributed by atoms with E-state index in [9.17, 15) is 0 Å². The summed E-state index contributed by atoms with van der Waals surface area (Å²) in [6, 6.07) is 11.2. The molecule has 1 aromatic heterocycles. The van der Waals surface area contributed by atoms with Gasteiger partial charge in [0.15, 0.2) is 0 Å². The smallest absolute Gasteiger partial charge is 0.122 e. The highest BCUT2D eigenvalue weighted by Crippen LogP contribution is 2.26. The average molecular weight is 282 g/mol. The van der Waals surface area contributed by atoms with Gasteiger partial charge in [0.1, 0.15) is 5.75 Å². The van der Waals surface area contributed by atoms with Crippen LogP contribution in [0.25, 0.3) is 0 Å². The number of ether oxygens (including phenoxy) is 1. The van der Waals surface area contributed by atoms with Crippen molar-refractivity contribution < 1.29 is 4.74 Å². The van der Waals surface area contributed by atoms with Crippen LogP contribution in [0.2, 0.25) is 0 Å². The van der Waals surface area contributed by atoms with E-state index in [-0.39, 0.29) is 0 Å². The van der Waals surface area contributed by atoms with Crippen molar-refractivity contribution in [2.45, 2.75) is 25.8 Å². The molecule has 0 radical (unpaired) electrons. The topological polar surface area (TPSA) is 25.4 Å². The summed E-state index contributed by atoms with van der Waals surface area (Å²) in [5.41, 5.74) is 4.07. The Balaban J connectivity index is 1.59. The van der Waals surface area contributed by atoms with Crippen LogP contribution < -0.4 is 4.74 Å². The first-order valence-corrected chi connectivity index (χ1v) is 7.59. The maximum atomic E-state index is 5.56. The Hall–Kier alpha value is -1.87. The van der Waals surface area contributed by atoms with Crippen molar-refractivity contribution in [2.24, 2.45) is 0 Å². The highest BCUT2D eigenvalue weighted by molar-refractivity contribution is 5.39. The summed E-state index contributed by atoms with van der Waals surface area (Å²) in [5.74, 6) is 1.07. The maximum Gasteiger partial charge on any atom is 0.122 e. The minimum atomic E-state index is 0.408. The summed E-state index contributed by atoms with van der Waals surface area (Å²) in [6.45, 7) is 4.12. The molecule has 3 rings (SSSR count). The third-order valence-electron chi connectivity index (χ3n) is 4.36. The van der Waals surface area contributed by atoms with Crippen molar-refractivity contribution in [2.75, 3.05) is 20.2 Å². The molecule has 0 N–H and O–H groups in total. The molecule has 2 aromatic rings. The number of fused-ring (bicyclic) bond motifs is 1. The highest BCUT2D eigenvalue weighted by atomic mass is 16.5. The van der Waals surface area contributed by atoms with Gasteiger partial charge >= 0.3 is 0 Å². The average Bonchev–Trinajstić information content (AvgIpc) is 3.00. The standard InChI is InChI=1S/C18H22N2O/c1-14(16-5-9-19-10-6-16)20(2)11-7-15-3-4-18-17(13-15)8-12-21-18/h3-6,9-10,13-14H,7-8,11-12H2,1-2H3. The Kier molecular flexibility index (Phi) is 4.20. The second-order valence-electron chi connectivity index (χ2n) is 5.73. The predicted octanol–water partition coefficient (Wildman–Crippen LogP) is 3.25. The molecule has 1 aliphatic heterocycles. The van der Waals surface area contributed by atoms with E-state index >= 15 is 0 Å². The first kappa shape index (κ1) is 14.1. The van der Waals surface area contributed by atoms with Gasteiger partial charge in [-0.1, -0.05) is 12.1 Å². The van der Waals surface area contributed by atoms with Crippen LogP contribution in [0.5, 0.6) is 5.75 Å². The molecule has 3 nitrogen and oxygen atoms in total. The van der Waals surface area contributed by atoms with E-state index in [1.807, 2.05) is 12.4 Å². The quantitative estimate of drug-likeness (QED) is 0.841. The van der Waals surface area contributed by atoms with Crippen molar-refractivity contribution in [3.8, 4) is 5.75 Å². The van der Waals surface area contributed by atoms with E-state index in [0.29, 0.717) is 6.04 Å². The lowest BCUT2D eigenvalue weighted by Gasteiger charge is -2.25. The van der Waals surface area contributed by atoms with Gasteiger partial charge < -0.3 is 4.74 Å². The van der Waals surface area contributed by atoms with Crippen molar-refractivity contribution in [1.29, 1.82) is 0 Å². The Morgan fingerprint density at radius 2 is 2.05 bits per heavy atom. The lowest BCUT2D eigenvalue weighted by atomic mass is 10.0. The summed E-state index contributed by atoms with van der Waals surface area (Å²) in [5, 5.41) is 0. The zero-order valence-electron chi connectivity index (χ0n) is 12.7. The molecule has 0 amide bonds. The van der Waals surface area contributed by atoms with Crippen LogP contribution in [-0.2, 0) is 12.8 Å². The van der Waals surface area contributed by atoms with Gasteiger partial charge in [-0.15, -0.1) is 0 Å². The lowest BCUT2D eigenvalue weighted by molar-refractivity contribution is 0.265. The first-order chi connectivity index (χ1) is 10.2. The zero-order valence-corrected chi connectivity index (χ0v) is 12.7. The molecule has 0 bridgehead atoms. The fourth-order valence-corrected chi connectivity index (χ4v) is 2.79. The Bertz CT molecular complexity index is 597. The third-order valence-corrected chi connectivity index (χ3v) is 4.36. The van der Waals surface area contributed by atoms with Gasteiger partial charge in [0.25, 0.3) is 0 Å². The van der Waals surface area contributed by atoms with Gasteiger partial charge in [-0.25, -0.2) is 0 Å². The summed E-state index contributed by atoms with van der Waals surface area (Å²) < 4.78 is 5.56. The molecule has 1 unspecified atom stereocenters. The molecule has 21 heavy (non-hydrogen) atoms. The van der Waals surface area contributed by atoms with Gasteiger partial charge in [-0.2, -0.15) is 0 Å². The molecule has 1 aliphatic rings. The number of aromatic nitrogens is 1. The molecular weight excluding hydrogens is 260 g/mol. The highest BCUT2D eigenvalue weighted by Gasteiger charge is 2.14. The van der Waals surface area contributed by atoms with Crippen LogP contribution in [0, 0.1) is 0 Å². The fraction of sp³-hybridized carbons (Fsp3) is 0.389. The number of hydrogen-bond donors (Lipinski definition) is 0. The molecule has 3 heteroatoms. The van der Waals surface area contributed by atoms with E-state index in [2.05, 4.69) is 54.2 Å². The number of benzene rings is 1. The predicted molar refractivity (Wildman–Crippen MR) is 84.6 cm³/mol. The fourth-order valence-electron chi connectivity index (χ4n) is 2.79. The summed E-state index contributed by atoms with van der Waals surface area (Å²) in [6.07, 6.45) is 5.84. The zero-order chi connectivity index (χ0) is 14.7. The molecule has 0 aliphatic carbocycles. The Labute approximate surface area is 126 Å². The molecule has 2 heterocycles. The normalized spacial score (nSPS) is 14.8. The minimum absolute atomic E-state index is 0.408. The van der Waals surface area contributed by atoms with Gasteiger partial charge in [-0.3, -0.25) is 9.88 Å². The van der Waals surface area contributed by atoms with E-state index in [1.54, 1.807) is 0 Å². The van der Waals surface area contributed by atoms with Crippen LogP contribution in [0.4, 0.5) is 0 Å². The molecule has 1 atom stereocenters. The largest absolute Gasteiger partial charge is 0.493 e.